The number of nitrogens with one attached hydrogen (secondary N) is 2. The van der Waals surface area contributed by atoms with Gasteiger partial charge in [0.2, 0.25) is 11.8 Å². The Morgan fingerprint density at radius 1 is 1.27 bits per heavy atom. The Morgan fingerprint density at radius 3 is 2.27 bits per heavy atom. The molecular formula is C8H10N2O5. The van der Waals surface area contributed by atoms with Crippen LogP contribution in [0.15, 0.2) is 0 Å². The number of hydrogen-bond donors (Lipinski definition) is 2. The van der Waals surface area contributed by atoms with Crippen molar-refractivity contribution >= 4 is 23.8 Å². The summed E-state index contributed by atoms with van der Waals surface area (Å²) in [4.78, 5) is 43.4. The van der Waals surface area contributed by atoms with E-state index < -0.39 is 29.7 Å². The first kappa shape index (κ1) is 11.2. The zero-order valence-corrected chi connectivity index (χ0v) is 8.03. The third-order valence-corrected chi connectivity index (χ3v) is 1.82. The van der Waals surface area contributed by atoms with Crippen LogP contribution >= 0.6 is 0 Å². The van der Waals surface area contributed by atoms with Gasteiger partial charge in [-0.15, -0.1) is 0 Å². The van der Waals surface area contributed by atoms with Crippen LogP contribution in [0.25, 0.3) is 0 Å². The standard InChI is InChI=1S/C8H10N2O5/c1-4(11)15-3-2-5-6(12)9-8(14)10-7(5)13/h5H,2-3H2,1H3,(H2,9,10,12,13,14). The molecule has 0 aromatic rings. The molecule has 0 unspecified atom stereocenters. The Hall–Kier alpha value is -1.92. The van der Waals surface area contributed by atoms with Crippen molar-refractivity contribution in [2.75, 3.05) is 6.61 Å². The lowest BCUT2D eigenvalue weighted by Gasteiger charge is -2.19. The smallest absolute Gasteiger partial charge is 0.328 e. The summed E-state index contributed by atoms with van der Waals surface area (Å²) < 4.78 is 4.58. The predicted octanol–water partition coefficient (Wildman–Crippen LogP) is -1.08. The number of imide groups is 2. The lowest BCUT2D eigenvalue weighted by molar-refractivity contribution is -0.144. The molecule has 2 N–H and O–H groups in total. The number of ether oxygens (including phenoxy) is 1. The molecule has 1 rings (SSSR count). The number of urea groups is 1. The minimum atomic E-state index is -0.984. The fraction of sp³-hybridized carbons (Fsp3) is 0.500. The first-order valence-electron chi connectivity index (χ1n) is 4.29. The summed E-state index contributed by atoms with van der Waals surface area (Å²) in [6.07, 6.45) is 0.0600. The van der Waals surface area contributed by atoms with Gasteiger partial charge in [0.05, 0.1) is 6.61 Å². The van der Waals surface area contributed by atoms with E-state index in [-0.39, 0.29) is 13.0 Å². The number of hydrogen-bond acceptors (Lipinski definition) is 5. The predicted molar refractivity (Wildman–Crippen MR) is 46.4 cm³/mol. The molecule has 0 aliphatic carbocycles. The average molecular weight is 214 g/mol. The number of amides is 4. The molecule has 15 heavy (non-hydrogen) atoms. The highest BCUT2D eigenvalue weighted by atomic mass is 16.5. The van der Waals surface area contributed by atoms with E-state index in [0.29, 0.717) is 0 Å². The van der Waals surface area contributed by atoms with E-state index in [4.69, 9.17) is 0 Å². The summed E-state index contributed by atoms with van der Waals surface area (Å²) in [5.41, 5.74) is 0. The molecule has 1 saturated heterocycles. The highest BCUT2D eigenvalue weighted by molar-refractivity contribution is 6.16. The van der Waals surface area contributed by atoms with E-state index >= 15 is 0 Å². The van der Waals surface area contributed by atoms with Gasteiger partial charge in [0.25, 0.3) is 0 Å². The van der Waals surface area contributed by atoms with Crippen molar-refractivity contribution in [3.63, 3.8) is 0 Å². The second-order valence-electron chi connectivity index (χ2n) is 2.99. The average Bonchev–Trinajstić information content (AvgIpc) is 2.08. The maximum atomic E-state index is 11.2. The van der Waals surface area contributed by atoms with Crippen LogP contribution in [0.2, 0.25) is 0 Å². The van der Waals surface area contributed by atoms with Crippen LogP contribution in [0.3, 0.4) is 0 Å². The van der Waals surface area contributed by atoms with Crippen molar-refractivity contribution in [2.45, 2.75) is 13.3 Å². The second kappa shape index (κ2) is 4.54. The molecule has 1 aliphatic rings. The normalized spacial score (nSPS) is 17.0. The van der Waals surface area contributed by atoms with Crippen molar-refractivity contribution in [1.29, 1.82) is 0 Å². The van der Waals surface area contributed by atoms with Crippen LogP contribution in [0.1, 0.15) is 13.3 Å². The van der Waals surface area contributed by atoms with E-state index in [1.54, 1.807) is 0 Å². The van der Waals surface area contributed by atoms with Crippen LogP contribution in [-0.2, 0) is 19.1 Å². The highest BCUT2D eigenvalue weighted by Gasteiger charge is 2.33. The molecule has 7 nitrogen and oxygen atoms in total. The summed E-state index contributed by atoms with van der Waals surface area (Å²) in [6.45, 7) is 1.19. The maximum absolute atomic E-state index is 11.2. The molecule has 0 aromatic heterocycles. The fourth-order valence-corrected chi connectivity index (χ4v) is 1.13. The molecule has 0 radical (unpaired) electrons. The monoisotopic (exact) mass is 214 g/mol. The summed E-state index contributed by atoms with van der Waals surface area (Å²) >= 11 is 0. The van der Waals surface area contributed by atoms with Crippen molar-refractivity contribution in [3.8, 4) is 0 Å². The molecule has 7 heteroatoms. The highest BCUT2D eigenvalue weighted by Crippen LogP contribution is 2.07. The van der Waals surface area contributed by atoms with Crippen LogP contribution in [0.4, 0.5) is 4.79 Å². The number of rotatable bonds is 3. The fourth-order valence-electron chi connectivity index (χ4n) is 1.13. The molecule has 4 amide bonds. The maximum Gasteiger partial charge on any atom is 0.328 e. The quantitative estimate of drug-likeness (QED) is 0.459. The van der Waals surface area contributed by atoms with E-state index in [9.17, 15) is 19.2 Å². The number of esters is 1. The minimum Gasteiger partial charge on any atom is -0.466 e. The Morgan fingerprint density at radius 2 is 1.80 bits per heavy atom. The van der Waals surface area contributed by atoms with Crippen molar-refractivity contribution in [2.24, 2.45) is 5.92 Å². The van der Waals surface area contributed by atoms with Crippen LogP contribution in [0.5, 0.6) is 0 Å². The third kappa shape index (κ3) is 3.04. The van der Waals surface area contributed by atoms with Gasteiger partial charge >= 0.3 is 12.0 Å². The molecular weight excluding hydrogens is 204 g/mol. The zero-order chi connectivity index (χ0) is 11.4. The van der Waals surface area contributed by atoms with Gasteiger partial charge in [0, 0.05) is 13.3 Å². The van der Waals surface area contributed by atoms with Crippen molar-refractivity contribution in [1.82, 2.24) is 10.6 Å². The Balaban J connectivity index is 2.46. The van der Waals surface area contributed by atoms with Crippen LogP contribution in [0, 0.1) is 5.92 Å². The molecule has 0 bridgehead atoms. The van der Waals surface area contributed by atoms with Crippen LogP contribution < -0.4 is 10.6 Å². The summed E-state index contributed by atoms with van der Waals surface area (Å²) in [5.74, 6) is -2.81. The second-order valence-corrected chi connectivity index (χ2v) is 2.99. The molecule has 0 saturated carbocycles. The molecule has 1 aliphatic heterocycles. The zero-order valence-electron chi connectivity index (χ0n) is 8.03. The molecule has 0 aromatic carbocycles. The lowest BCUT2D eigenvalue weighted by Crippen LogP contribution is -2.55. The SMILES string of the molecule is CC(=O)OCCC1C(=O)NC(=O)NC1=O. The third-order valence-electron chi connectivity index (χ3n) is 1.82. The van der Waals surface area contributed by atoms with Gasteiger partial charge in [-0.2, -0.15) is 0 Å². The summed E-state index contributed by atoms with van der Waals surface area (Å²) in [7, 11) is 0. The lowest BCUT2D eigenvalue weighted by atomic mass is 10.0. The summed E-state index contributed by atoms with van der Waals surface area (Å²) in [6, 6.07) is -0.825. The Labute approximate surface area is 85.1 Å². The van der Waals surface area contributed by atoms with Crippen molar-refractivity contribution < 1.29 is 23.9 Å². The number of barbiturate groups is 1. The Kier molecular flexibility index (Phi) is 3.37. The first-order valence-corrected chi connectivity index (χ1v) is 4.29. The van der Waals surface area contributed by atoms with Gasteiger partial charge in [0.1, 0.15) is 5.92 Å². The largest absolute Gasteiger partial charge is 0.466 e. The van der Waals surface area contributed by atoms with Crippen molar-refractivity contribution in [3.05, 3.63) is 0 Å². The van der Waals surface area contributed by atoms with E-state index in [1.807, 2.05) is 10.6 Å². The van der Waals surface area contributed by atoms with Gasteiger partial charge in [-0.25, -0.2) is 4.79 Å². The molecule has 0 spiro atoms. The molecule has 1 heterocycles. The topological polar surface area (TPSA) is 102 Å². The molecule has 1 fully saturated rings. The van der Waals surface area contributed by atoms with E-state index in [2.05, 4.69) is 4.74 Å². The van der Waals surface area contributed by atoms with Gasteiger partial charge in [0.15, 0.2) is 0 Å². The van der Waals surface area contributed by atoms with Gasteiger partial charge in [-0.05, 0) is 0 Å². The van der Waals surface area contributed by atoms with Gasteiger partial charge in [-0.1, -0.05) is 0 Å². The number of carbonyl (C=O) groups is 4. The van der Waals surface area contributed by atoms with E-state index in [1.165, 1.54) is 6.92 Å². The first-order chi connectivity index (χ1) is 7.00. The van der Waals surface area contributed by atoms with Crippen LogP contribution in [-0.4, -0.2) is 30.4 Å². The minimum absolute atomic E-state index is 0.0327. The molecule has 0 atom stereocenters. The number of carbonyl (C=O) groups excluding carboxylic acids is 4. The molecule has 82 valence electrons. The van der Waals surface area contributed by atoms with Gasteiger partial charge < -0.3 is 4.74 Å². The Bertz CT molecular complexity index is 305. The summed E-state index contributed by atoms with van der Waals surface area (Å²) in [5, 5.41) is 3.90. The van der Waals surface area contributed by atoms with Gasteiger partial charge in [-0.3, -0.25) is 25.0 Å². The van der Waals surface area contributed by atoms with E-state index in [0.717, 1.165) is 0 Å².